The van der Waals surface area contributed by atoms with Crippen LogP contribution in [0.25, 0.3) is 0 Å². The minimum atomic E-state index is -0.903. The second-order valence-electron chi connectivity index (χ2n) is 5.99. The first kappa shape index (κ1) is 25.1. The summed E-state index contributed by atoms with van der Waals surface area (Å²) in [6.07, 6.45) is 1.95. The third-order valence-electron chi connectivity index (χ3n) is 3.19. The van der Waals surface area contributed by atoms with Gasteiger partial charge in [-0.15, -0.1) is 0 Å². The Labute approximate surface area is 170 Å². The van der Waals surface area contributed by atoms with Gasteiger partial charge in [0.15, 0.2) is 6.10 Å². The molecule has 0 aromatic carbocycles. The smallest absolute Gasteiger partial charge is 0.333 e. The number of hydrogen-bond donors (Lipinski definition) is 0. The molecule has 0 heterocycles. The van der Waals surface area contributed by atoms with Crippen molar-refractivity contribution in [2.45, 2.75) is 52.1 Å². The number of rotatable bonds is 14. The number of carbonyl (C=O) groups is 3. The van der Waals surface area contributed by atoms with Crippen LogP contribution in [0.4, 0.5) is 0 Å². The van der Waals surface area contributed by atoms with Gasteiger partial charge in [-0.1, -0.05) is 37.6 Å². The summed E-state index contributed by atoms with van der Waals surface area (Å²) < 4.78 is 15.2. The summed E-state index contributed by atoms with van der Waals surface area (Å²) in [7, 11) is 0. The molecule has 0 aromatic rings. The number of ether oxygens (including phenoxy) is 3. The van der Waals surface area contributed by atoms with Crippen LogP contribution in [0.1, 0.15) is 46.0 Å². The van der Waals surface area contributed by atoms with Gasteiger partial charge in [-0.05, 0) is 43.3 Å². The fraction of sp³-hybridized carbons (Fsp3) is 0.526. The zero-order valence-electron chi connectivity index (χ0n) is 15.8. The van der Waals surface area contributed by atoms with Crippen molar-refractivity contribution in [3.8, 4) is 0 Å². The minimum Gasteiger partial charge on any atom is -0.458 e. The quantitative estimate of drug-likeness (QED) is 0.141. The lowest BCUT2D eigenvalue weighted by molar-refractivity contribution is -0.164. The largest absolute Gasteiger partial charge is 0.458 e. The highest BCUT2D eigenvalue weighted by atomic mass is 32.1. The molecule has 0 saturated carbocycles. The van der Waals surface area contributed by atoms with Crippen LogP contribution >= 0.6 is 24.4 Å². The van der Waals surface area contributed by atoms with E-state index in [0.29, 0.717) is 19.3 Å². The molecule has 0 radical (unpaired) electrons. The Kier molecular flexibility index (Phi) is 13.2. The average Bonchev–Trinajstić information content (AvgIpc) is 2.60. The molecule has 27 heavy (non-hydrogen) atoms. The van der Waals surface area contributed by atoms with E-state index < -0.39 is 24.0 Å². The van der Waals surface area contributed by atoms with E-state index in [1.54, 1.807) is 5.37 Å². The fourth-order valence-corrected chi connectivity index (χ4v) is 2.27. The lowest BCUT2D eigenvalue weighted by Gasteiger charge is -2.18. The van der Waals surface area contributed by atoms with Crippen LogP contribution in [0.3, 0.4) is 0 Å². The van der Waals surface area contributed by atoms with Crippen molar-refractivity contribution in [2.75, 3.05) is 13.2 Å². The van der Waals surface area contributed by atoms with Crippen molar-refractivity contribution >= 4 is 52.6 Å². The van der Waals surface area contributed by atoms with Gasteiger partial charge in [0.2, 0.25) is 0 Å². The Bertz CT molecular complexity index is 567. The van der Waals surface area contributed by atoms with E-state index in [2.05, 4.69) is 13.2 Å². The van der Waals surface area contributed by atoms with E-state index in [1.807, 2.05) is 0 Å². The van der Waals surface area contributed by atoms with E-state index in [1.165, 1.54) is 13.8 Å². The molecule has 8 heteroatoms. The topological polar surface area (TPSA) is 78.9 Å². The Morgan fingerprint density at radius 1 is 0.963 bits per heavy atom. The molecule has 0 bridgehead atoms. The molecular formula is C19H26O6S2. The van der Waals surface area contributed by atoms with Crippen molar-refractivity contribution in [3.63, 3.8) is 0 Å². The van der Waals surface area contributed by atoms with Crippen LogP contribution < -0.4 is 0 Å². The maximum atomic E-state index is 12.0. The molecule has 0 N–H and O–H groups in total. The summed E-state index contributed by atoms with van der Waals surface area (Å²) in [5, 5.41) is 1.58. The summed E-state index contributed by atoms with van der Waals surface area (Å²) in [6, 6.07) is 0. The highest BCUT2D eigenvalue weighted by Gasteiger charge is 2.19. The zero-order chi connectivity index (χ0) is 20.8. The molecule has 0 amide bonds. The number of unbranched alkanes of at least 4 members (excludes halogenated alkanes) is 1. The number of thiocarbonyl (C=S) groups is 2. The molecule has 0 aliphatic carbocycles. The SMILES string of the molecule is C=C(C)C(=O)OCC(COC(=O)C(=C)C)OC(=O)CCCCC(=S)CC=S. The second-order valence-corrected chi connectivity index (χ2v) is 6.90. The van der Waals surface area contributed by atoms with Crippen LogP contribution in [0.2, 0.25) is 0 Å². The molecule has 150 valence electrons. The van der Waals surface area contributed by atoms with Gasteiger partial charge in [0, 0.05) is 24.0 Å². The number of carbonyl (C=O) groups excluding carboxylic acids is 3. The van der Waals surface area contributed by atoms with Crippen LogP contribution in [0.5, 0.6) is 0 Å². The fourth-order valence-electron chi connectivity index (χ4n) is 1.73. The average molecular weight is 415 g/mol. The van der Waals surface area contributed by atoms with E-state index in [0.717, 1.165) is 11.3 Å². The predicted octanol–water partition coefficient (Wildman–Crippen LogP) is 3.46. The van der Waals surface area contributed by atoms with E-state index in [4.69, 9.17) is 38.6 Å². The summed E-state index contributed by atoms with van der Waals surface area (Å²) in [6.45, 7) is 9.46. The van der Waals surface area contributed by atoms with Crippen molar-refractivity contribution in [1.82, 2.24) is 0 Å². The predicted molar refractivity (Wildman–Crippen MR) is 111 cm³/mol. The molecular weight excluding hydrogens is 388 g/mol. The zero-order valence-corrected chi connectivity index (χ0v) is 17.4. The molecule has 0 rings (SSSR count). The maximum absolute atomic E-state index is 12.0. The standard InChI is InChI=1S/C19H26O6S2/c1-13(2)18(21)23-11-15(12-24-19(22)14(3)4)25-17(20)8-6-5-7-16(27)9-10-26/h10,15H,1,3,5-9,11-12H2,2,4H3. The Morgan fingerprint density at radius 3 is 1.89 bits per heavy atom. The van der Waals surface area contributed by atoms with Crippen LogP contribution in [-0.2, 0) is 28.6 Å². The van der Waals surface area contributed by atoms with Gasteiger partial charge < -0.3 is 14.2 Å². The highest BCUT2D eigenvalue weighted by molar-refractivity contribution is 7.81. The molecule has 0 atom stereocenters. The molecule has 0 aliphatic rings. The highest BCUT2D eigenvalue weighted by Crippen LogP contribution is 2.08. The van der Waals surface area contributed by atoms with Gasteiger partial charge in [-0.25, -0.2) is 9.59 Å². The van der Waals surface area contributed by atoms with Gasteiger partial charge >= 0.3 is 17.9 Å². The van der Waals surface area contributed by atoms with Crippen molar-refractivity contribution in [1.29, 1.82) is 0 Å². The van der Waals surface area contributed by atoms with Crippen LogP contribution in [0.15, 0.2) is 24.3 Å². The molecule has 0 spiro atoms. The third-order valence-corrected chi connectivity index (χ3v) is 3.73. The second kappa shape index (κ2) is 14.2. The van der Waals surface area contributed by atoms with Crippen LogP contribution in [0, 0.1) is 0 Å². The van der Waals surface area contributed by atoms with Gasteiger partial charge in [0.1, 0.15) is 13.2 Å². The monoisotopic (exact) mass is 414 g/mol. The third kappa shape index (κ3) is 13.0. The first-order chi connectivity index (χ1) is 12.7. The Morgan fingerprint density at radius 2 is 1.44 bits per heavy atom. The van der Waals surface area contributed by atoms with Crippen LogP contribution in [-0.4, -0.2) is 47.5 Å². The molecule has 0 aliphatic heterocycles. The normalized spacial score (nSPS) is 10.0. The van der Waals surface area contributed by atoms with E-state index in [-0.39, 0.29) is 30.8 Å². The molecule has 0 aromatic heterocycles. The van der Waals surface area contributed by atoms with Crippen molar-refractivity contribution < 1.29 is 28.6 Å². The Balaban J connectivity index is 4.46. The molecule has 6 nitrogen and oxygen atoms in total. The summed E-state index contributed by atoms with van der Waals surface area (Å²) in [5.41, 5.74) is 0.428. The summed E-state index contributed by atoms with van der Waals surface area (Å²) in [4.78, 5) is 35.8. The summed E-state index contributed by atoms with van der Waals surface area (Å²) in [5.74, 6) is -1.71. The number of hydrogen-bond acceptors (Lipinski definition) is 8. The maximum Gasteiger partial charge on any atom is 0.333 e. The minimum absolute atomic E-state index is 0.180. The first-order valence-electron chi connectivity index (χ1n) is 8.47. The molecule has 0 fully saturated rings. The van der Waals surface area contributed by atoms with Gasteiger partial charge in [0.05, 0.1) is 0 Å². The van der Waals surface area contributed by atoms with Crippen molar-refractivity contribution in [2.24, 2.45) is 0 Å². The van der Waals surface area contributed by atoms with Crippen molar-refractivity contribution in [3.05, 3.63) is 24.3 Å². The lowest BCUT2D eigenvalue weighted by atomic mass is 10.1. The van der Waals surface area contributed by atoms with E-state index in [9.17, 15) is 14.4 Å². The van der Waals surface area contributed by atoms with Gasteiger partial charge in [0.25, 0.3) is 0 Å². The van der Waals surface area contributed by atoms with E-state index >= 15 is 0 Å². The lowest BCUT2D eigenvalue weighted by Crippen LogP contribution is -2.31. The molecule has 0 unspecified atom stereocenters. The summed E-state index contributed by atoms with van der Waals surface area (Å²) >= 11 is 9.88. The Hall–Kier alpha value is -1.93. The number of esters is 3. The van der Waals surface area contributed by atoms with Gasteiger partial charge in [-0.3, -0.25) is 4.79 Å². The van der Waals surface area contributed by atoms with Gasteiger partial charge in [-0.2, -0.15) is 0 Å². The first-order valence-corrected chi connectivity index (χ1v) is 9.35. The molecule has 0 saturated heterocycles.